The molecule has 0 fully saturated rings. The Morgan fingerprint density at radius 1 is 1.06 bits per heavy atom. The number of nitrogens with zero attached hydrogens (tertiary/aromatic N) is 2. The fraction of sp³-hybridized carbons (Fsp3) is 0.154. The molecule has 0 aliphatic carbocycles. The Morgan fingerprint density at radius 2 is 1.78 bits per heavy atom. The minimum absolute atomic E-state index is 0.174. The maximum atomic E-state index is 13.6. The highest BCUT2D eigenvalue weighted by molar-refractivity contribution is 6.31. The van der Waals surface area contributed by atoms with Gasteiger partial charge in [-0.3, -0.25) is 9.36 Å². The van der Waals surface area contributed by atoms with Crippen LogP contribution in [-0.2, 0) is 11.2 Å². The quantitative estimate of drug-likeness (QED) is 0.396. The zero-order valence-electron chi connectivity index (χ0n) is 17.9. The molecule has 2 heterocycles. The van der Waals surface area contributed by atoms with Gasteiger partial charge in [0.1, 0.15) is 0 Å². The van der Waals surface area contributed by atoms with Gasteiger partial charge in [0.05, 0.1) is 22.6 Å². The maximum absolute atomic E-state index is 13.6. The fourth-order valence-corrected chi connectivity index (χ4v) is 4.51. The van der Waals surface area contributed by atoms with Gasteiger partial charge in [0.25, 0.3) is 5.91 Å². The van der Waals surface area contributed by atoms with E-state index in [0.717, 1.165) is 34.4 Å². The van der Waals surface area contributed by atoms with Crippen LogP contribution < -0.4 is 10.6 Å². The van der Waals surface area contributed by atoms with Gasteiger partial charge in [-0.2, -0.15) is 0 Å². The van der Waals surface area contributed by atoms with Gasteiger partial charge in [-0.1, -0.05) is 61.0 Å². The van der Waals surface area contributed by atoms with Crippen LogP contribution in [0.25, 0.3) is 11.0 Å². The first-order valence-electron chi connectivity index (χ1n) is 10.7. The van der Waals surface area contributed by atoms with Crippen molar-refractivity contribution in [3.8, 4) is 0 Å². The SMILES string of the molecule is CCc1ccc(NC(=O)C2=C(C)Nc3nc4ccccc4n3[C@@H]2c2ccccc2Cl)cc1. The fourth-order valence-electron chi connectivity index (χ4n) is 4.27. The van der Waals surface area contributed by atoms with Gasteiger partial charge in [0.2, 0.25) is 5.95 Å². The summed E-state index contributed by atoms with van der Waals surface area (Å²) in [5.74, 6) is 0.519. The molecule has 0 saturated heterocycles. The van der Waals surface area contributed by atoms with Crippen molar-refractivity contribution < 1.29 is 4.79 Å². The molecule has 6 heteroatoms. The van der Waals surface area contributed by atoms with Gasteiger partial charge in [-0.05, 0) is 54.8 Å². The Labute approximate surface area is 191 Å². The van der Waals surface area contributed by atoms with Crippen LogP contribution in [0, 0.1) is 0 Å². The van der Waals surface area contributed by atoms with Gasteiger partial charge in [-0.25, -0.2) is 4.98 Å². The normalized spacial score (nSPS) is 15.4. The monoisotopic (exact) mass is 442 g/mol. The molecule has 3 aromatic carbocycles. The van der Waals surface area contributed by atoms with Crippen molar-refractivity contribution in [2.75, 3.05) is 10.6 Å². The van der Waals surface area contributed by atoms with Gasteiger partial charge in [0.15, 0.2) is 0 Å². The Kier molecular flexibility index (Phi) is 5.19. The average molecular weight is 443 g/mol. The van der Waals surface area contributed by atoms with Crippen molar-refractivity contribution in [3.63, 3.8) is 0 Å². The first kappa shape index (κ1) is 20.3. The summed E-state index contributed by atoms with van der Waals surface area (Å²) in [5.41, 5.74) is 5.98. The Morgan fingerprint density at radius 3 is 2.53 bits per heavy atom. The average Bonchev–Trinajstić information content (AvgIpc) is 3.17. The molecule has 5 nitrogen and oxygen atoms in total. The summed E-state index contributed by atoms with van der Waals surface area (Å²) < 4.78 is 2.05. The minimum atomic E-state index is -0.415. The van der Waals surface area contributed by atoms with E-state index >= 15 is 0 Å². The lowest BCUT2D eigenvalue weighted by Gasteiger charge is -2.31. The van der Waals surface area contributed by atoms with Crippen molar-refractivity contribution in [2.24, 2.45) is 0 Å². The molecule has 5 rings (SSSR count). The highest BCUT2D eigenvalue weighted by Crippen LogP contribution is 2.41. The van der Waals surface area contributed by atoms with Crippen molar-refractivity contribution in [2.45, 2.75) is 26.3 Å². The second-order valence-electron chi connectivity index (χ2n) is 7.89. The molecule has 32 heavy (non-hydrogen) atoms. The lowest BCUT2D eigenvalue weighted by Crippen LogP contribution is -2.31. The lowest BCUT2D eigenvalue weighted by atomic mass is 9.94. The predicted molar refractivity (Wildman–Crippen MR) is 130 cm³/mol. The van der Waals surface area contributed by atoms with Crippen LogP contribution in [0.5, 0.6) is 0 Å². The highest BCUT2D eigenvalue weighted by atomic mass is 35.5. The zero-order valence-corrected chi connectivity index (χ0v) is 18.6. The Bertz CT molecular complexity index is 1350. The zero-order chi connectivity index (χ0) is 22.2. The summed E-state index contributed by atoms with van der Waals surface area (Å²) in [5, 5.41) is 7.01. The molecule has 1 aliphatic rings. The summed E-state index contributed by atoms with van der Waals surface area (Å²) in [6.07, 6.45) is 0.952. The van der Waals surface area contributed by atoms with Crippen LogP contribution >= 0.6 is 11.6 Å². The van der Waals surface area contributed by atoms with Gasteiger partial charge < -0.3 is 10.6 Å². The van der Waals surface area contributed by atoms with Crippen LogP contribution in [0.15, 0.2) is 84.1 Å². The number of aromatic nitrogens is 2. The first-order chi connectivity index (χ1) is 15.6. The van der Waals surface area contributed by atoms with Crippen LogP contribution in [0.1, 0.15) is 31.0 Å². The number of halogens is 1. The van der Waals surface area contributed by atoms with Gasteiger partial charge in [0, 0.05) is 16.4 Å². The van der Waals surface area contributed by atoms with Crippen molar-refractivity contribution in [1.82, 2.24) is 9.55 Å². The second-order valence-corrected chi connectivity index (χ2v) is 8.29. The smallest absolute Gasteiger partial charge is 0.255 e. The van der Waals surface area contributed by atoms with Gasteiger partial charge >= 0.3 is 0 Å². The minimum Gasteiger partial charge on any atom is -0.329 e. The second kappa shape index (κ2) is 8.17. The highest BCUT2D eigenvalue weighted by Gasteiger charge is 2.35. The number of rotatable bonds is 4. The number of imidazole rings is 1. The number of aryl methyl sites for hydroxylation is 1. The van der Waals surface area contributed by atoms with Crippen LogP contribution in [0.2, 0.25) is 5.02 Å². The standard InChI is InChI=1S/C26H23ClN4O/c1-3-17-12-14-18(15-13-17)29-25(32)23-16(2)28-26-30-21-10-6-7-11-22(21)31(26)24(23)19-8-4-5-9-20(19)27/h4-15,24H,3H2,1-2H3,(H,28,30)(H,29,32)/t24-/m1/s1. The predicted octanol–water partition coefficient (Wildman–Crippen LogP) is 6.18. The van der Waals surface area contributed by atoms with E-state index in [1.807, 2.05) is 79.7 Å². The molecule has 4 aromatic rings. The number of nitrogens with one attached hydrogen (secondary N) is 2. The molecular formula is C26H23ClN4O. The molecule has 1 atom stereocenters. The number of benzene rings is 3. The van der Waals surface area contributed by atoms with E-state index in [0.29, 0.717) is 16.5 Å². The third-order valence-electron chi connectivity index (χ3n) is 5.90. The van der Waals surface area contributed by atoms with Crippen molar-refractivity contribution in [3.05, 3.63) is 100 Å². The summed E-state index contributed by atoms with van der Waals surface area (Å²) >= 11 is 6.65. The number of anilines is 2. The molecule has 1 aromatic heterocycles. The molecule has 1 aliphatic heterocycles. The topological polar surface area (TPSA) is 59.0 Å². The van der Waals surface area contributed by atoms with E-state index in [1.54, 1.807) is 0 Å². The van der Waals surface area contributed by atoms with E-state index in [1.165, 1.54) is 5.56 Å². The molecule has 0 saturated carbocycles. The maximum Gasteiger partial charge on any atom is 0.255 e. The van der Waals surface area contributed by atoms with E-state index < -0.39 is 6.04 Å². The number of allylic oxidation sites excluding steroid dienone is 1. The first-order valence-corrected chi connectivity index (χ1v) is 11.0. The molecule has 0 spiro atoms. The molecule has 0 unspecified atom stereocenters. The number of carbonyl (C=O) groups is 1. The van der Waals surface area contributed by atoms with Crippen LogP contribution in [0.4, 0.5) is 11.6 Å². The third kappa shape index (κ3) is 3.45. The van der Waals surface area contributed by atoms with Crippen LogP contribution in [-0.4, -0.2) is 15.5 Å². The third-order valence-corrected chi connectivity index (χ3v) is 6.24. The number of fused-ring (bicyclic) bond motifs is 3. The van der Waals surface area contributed by atoms with E-state index in [2.05, 4.69) is 22.1 Å². The molecule has 1 amide bonds. The number of amides is 1. The molecule has 2 N–H and O–H groups in total. The van der Waals surface area contributed by atoms with E-state index in [4.69, 9.17) is 16.6 Å². The van der Waals surface area contributed by atoms with E-state index in [9.17, 15) is 4.79 Å². The van der Waals surface area contributed by atoms with Crippen molar-refractivity contribution >= 4 is 40.2 Å². The number of hydrogen-bond donors (Lipinski definition) is 2. The molecule has 0 radical (unpaired) electrons. The molecular weight excluding hydrogens is 420 g/mol. The van der Waals surface area contributed by atoms with Crippen LogP contribution in [0.3, 0.4) is 0 Å². The summed E-state index contributed by atoms with van der Waals surface area (Å²) in [4.78, 5) is 18.4. The summed E-state index contributed by atoms with van der Waals surface area (Å²) in [7, 11) is 0. The lowest BCUT2D eigenvalue weighted by molar-refractivity contribution is -0.113. The van der Waals surface area contributed by atoms with Crippen molar-refractivity contribution in [1.29, 1.82) is 0 Å². The molecule has 0 bridgehead atoms. The van der Waals surface area contributed by atoms with E-state index in [-0.39, 0.29) is 5.91 Å². The number of carbonyl (C=O) groups excluding carboxylic acids is 1. The molecule has 160 valence electrons. The largest absolute Gasteiger partial charge is 0.329 e. The summed E-state index contributed by atoms with van der Waals surface area (Å²) in [6, 6.07) is 23.1. The number of para-hydroxylation sites is 2. The number of hydrogen-bond acceptors (Lipinski definition) is 3. The summed E-state index contributed by atoms with van der Waals surface area (Å²) in [6.45, 7) is 4.01. The Balaban J connectivity index is 1.64. The van der Waals surface area contributed by atoms with Gasteiger partial charge in [-0.15, -0.1) is 0 Å². The Hall–Kier alpha value is -3.57.